The van der Waals surface area contributed by atoms with E-state index in [1.165, 1.54) is 11.1 Å². The number of hydrogen-bond acceptors (Lipinski definition) is 4. The molecule has 2 aromatic carbocycles. The first-order valence-corrected chi connectivity index (χ1v) is 15.0. The number of halogens is 1. The van der Waals surface area contributed by atoms with Gasteiger partial charge < -0.3 is 4.90 Å². The molecule has 3 heterocycles. The van der Waals surface area contributed by atoms with Crippen LogP contribution in [0.4, 0.5) is 0 Å². The van der Waals surface area contributed by atoms with E-state index in [4.69, 9.17) is 22.0 Å². The van der Waals surface area contributed by atoms with E-state index < -0.39 is 0 Å². The average Bonchev–Trinajstić information content (AvgIpc) is 3.64. The topological polar surface area (TPSA) is 65.2 Å². The van der Waals surface area contributed by atoms with Gasteiger partial charge in [-0.05, 0) is 74.2 Å². The van der Waals surface area contributed by atoms with E-state index in [0.29, 0.717) is 11.6 Å². The minimum Gasteiger partial charge on any atom is -0.338 e. The summed E-state index contributed by atoms with van der Waals surface area (Å²) in [6.07, 6.45) is 11.8. The molecule has 3 aliphatic rings. The maximum absolute atomic E-state index is 14.1. The van der Waals surface area contributed by atoms with Crippen molar-refractivity contribution in [2.45, 2.75) is 43.9 Å². The third-order valence-corrected chi connectivity index (χ3v) is 9.31. The second-order valence-corrected chi connectivity index (χ2v) is 12.3. The van der Waals surface area contributed by atoms with Gasteiger partial charge in [0, 0.05) is 36.0 Å². The Balaban J connectivity index is 1.22. The van der Waals surface area contributed by atoms with Gasteiger partial charge >= 0.3 is 0 Å². The molecule has 41 heavy (non-hydrogen) atoms. The molecule has 210 valence electrons. The third-order valence-electron chi connectivity index (χ3n) is 9.06. The molecule has 0 radical (unpaired) electrons. The van der Waals surface area contributed by atoms with Gasteiger partial charge in [0.15, 0.2) is 0 Å². The molecule has 6 rings (SSSR count). The molecule has 1 unspecified atom stereocenters. The van der Waals surface area contributed by atoms with E-state index >= 15 is 0 Å². The van der Waals surface area contributed by atoms with Crippen molar-refractivity contribution < 1.29 is 4.79 Å². The van der Waals surface area contributed by atoms with Crippen LogP contribution < -0.4 is 0 Å². The van der Waals surface area contributed by atoms with Crippen molar-refractivity contribution in [1.82, 2.24) is 19.6 Å². The zero-order valence-corrected chi connectivity index (χ0v) is 24.3. The Kier molecular flexibility index (Phi) is 7.84. The molecule has 2 fully saturated rings. The molecular weight excluding hydrogens is 530 g/mol. The second-order valence-electron chi connectivity index (χ2n) is 11.9. The predicted octanol–water partition coefficient (Wildman–Crippen LogP) is 6.53. The summed E-state index contributed by atoms with van der Waals surface area (Å²) in [5.41, 5.74) is 5.17. The van der Waals surface area contributed by atoms with Gasteiger partial charge in [-0.25, -0.2) is 4.68 Å². The van der Waals surface area contributed by atoms with Crippen molar-refractivity contribution in [2.75, 3.05) is 32.7 Å². The first-order chi connectivity index (χ1) is 19.9. The Hall–Kier alpha value is -3.66. The Labute approximate surface area is 247 Å². The van der Waals surface area contributed by atoms with Crippen LogP contribution >= 0.6 is 11.6 Å². The molecule has 0 saturated carbocycles. The monoisotopic (exact) mass is 565 g/mol. The number of allylic oxidation sites excluding steroid dienone is 2. The van der Waals surface area contributed by atoms with Crippen LogP contribution in [-0.2, 0) is 5.41 Å². The molecule has 2 atom stereocenters. The summed E-state index contributed by atoms with van der Waals surface area (Å²) in [7, 11) is 0. The maximum Gasteiger partial charge on any atom is 0.257 e. The quantitative estimate of drug-likeness (QED) is 0.340. The van der Waals surface area contributed by atoms with E-state index in [2.05, 4.69) is 54.3 Å². The van der Waals surface area contributed by atoms with Gasteiger partial charge in [0.25, 0.3) is 5.91 Å². The van der Waals surface area contributed by atoms with Crippen LogP contribution in [0.1, 0.15) is 60.1 Å². The highest BCUT2D eigenvalue weighted by Gasteiger charge is 2.39. The molecule has 1 aromatic heterocycles. The van der Waals surface area contributed by atoms with Gasteiger partial charge in [-0.15, -0.1) is 0 Å². The zero-order valence-electron chi connectivity index (χ0n) is 23.5. The average molecular weight is 566 g/mol. The van der Waals surface area contributed by atoms with Crippen LogP contribution in [0.25, 0.3) is 5.69 Å². The third kappa shape index (κ3) is 5.75. The highest BCUT2D eigenvalue weighted by atomic mass is 35.5. The number of aromatic nitrogens is 2. The molecule has 2 aliphatic heterocycles. The number of carbonyl (C=O) groups is 1. The number of nitriles is 1. The van der Waals surface area contributed by atoms with Crippen molar-refractivity contribution in [3.8, 4) is 11.8 Å². The Morgan fingerprint density at radius 3 is 2.54 bits per heavy atom. The number of carbonyl (C=O) groups excluding carboxylic acids is 1. The van der Waals surface area contributed by atoms with E-state index in [1.54, 1.807) is 6.20 Å². The summed E-state index contributed by atoms with van der Waals surface area (Å²) in [6, 6.07) is 20.6. The lowest BCUT2D eigenvalue weighted by Gasteiger charge is -2.33. The number of piperidine rings is 1. The maximum atomic E-state index is 14.1. The van der Waals surface area contributed by atoms with Gasteiger partial charge in [-0.3, -0.25) is 9.69 Å². The largest absolute Gasteiger partial charge is 0.338 e. The number of likely N-dealkylation sites (tertiary alicyclic amines) is 2. The Morgan fingerprint density at radius 1 is 1.10 bits per heavy atom. The molecule has 7 heteroatoms. The van der Waals surface area contributed by atoms with Crippen molar-refractivity contribution in [3.05, 3.63) is 106 Å². The molecule has 6 nitrogen and oxygen atoms in total. The first kappa shape index (κ1) is 27.5. The highest BCUT2D eigenvalue weighted by Crippen LogP contribution is 2.37. The minimum atomic E-state index is -0.0515. The van der Waals surface area contributed by atoms with Crippen molar-refractivity contribution >= 4 is 17.5 Å². The zero-order chi connectivity index (χ0) is 28.4. The standard InChI is InChI=1S/C34H36ClN5O/c1-34(28-5-3-2-4-6-28)17-20-39(24-34)33(41)31-22-37-40(30-13-11-29(35)12-14-30)32(31)27-15-18-38(19-16-27)23-26-9-7-25(21-36)8-10-26/h2-7,9-14,22,25,27H,8,15-20,23-24H2,1H3/t25?,34-/m0/s1. The summed E-state index contributed by atoms with van der Waals surface area (Å²) in [5.74, 6) is 0.298. The summed E-state index contributed by atoms with van der Waals surface area (Å²) in [6.45, 7) is 6.51. The molecule has 3 aromatic rings. The van der Waals surface area contributed by atoms with Crippen molar-refractivity contribution in [3.63, 3.8) is 0 Å². The van der Waals surface area contributed by atoms with Crippen LogP contribution in [-0.4, -0.2) is 58.2 Å². The summed E-state index contributed by atoms with van der Waals surface area (Å²) in [4.78, 5) is 18.6. The predicted molar refractivity (Wildman–Crippen MR) is 162 cm³/mol. The molecule has 2 saturated heterocycles. The molecule has 0 spiro atoms. The fourth-order valence-electron chi connectivity index (χ4n) is 6.58. The molecule has 1 amide bonds. The molecular formula is C34H36ClN5O. The van der Waals surface area contributed by atoms with Gasteiger partial charge in [-0.1, -0.05) is 67.1 Å². The van der Waals surface area contributed by atoms with E-state index in [1.807, 2.05) is 46.0 Å². The van der Waals surface area contributed by atoms with Gasteiger partial charge in [0.2, 0.25) is 0 Å². The van der Waals surface area contributed by atoms with Crippen LogP contribution in [0.3, 0.4) is 0 Å². The SMILES string of the molecule is C[C@]1(c2ccccc2)CCN(C(=O)c2cnn(-c3ccc(Cl)cc3)c2C2CCN(CC3=CCC(C#N)C=C3)CC2)C1. The number of nitrogens with zero attached hydrogens (tertiary/aromatic N) is 5. The molecule has 0 N–H and O–H groups in total. The van der Waals surface area contributed by atoms with E-state index in [-0.39, 0.29) is 23.2 Å². The lowest BCUT2D eigenvalue weighted by atomic mass is 9.82. The fourth-order valence-corrected chi connectivity index (χ4v) is 6.71. The minimum absolute atomic E-state index is 0.00485. The normalized spacial score (nSPS) is 23.4. The van der Waals surface area contributed by atoms with Crippen LogP contribution in [0.5, 0.6) is 0 Å². The molecule has 1 aliphatic carbocycles. The van der Waals surface area contributed by atoms with Gasteiger partial charge in [0.1, 0.15) is 0 Å². The number of hydrogen-bond donors (Lipinski definition) is 0. The van der Waals surface area contributed by atoms with Crippen LogP contribution in [0.2, 0.25) is 5.02 Å². The summed E-state index contributed by atoms with van der Waals surface area (Å²) >= 11 is 6.20. The number of amides is 1. The lowest BCUT2D eigenvalue weighted by Crippen LogP contribution is -2.36. The Morgan fingerprint density at radius 2 is 1.85 bits per heavy atom. The summed E-state index contributed by atoms with van der Waals surface area (Å²) < 4.78 is 1.96. The Bertz CT molecular complexity index is 1490. The highest BCUT2D eigenvalue weighted by molar-refractivity contribution is 6.30. The van der Waals surface area contributed by atoms with Crippen LogP contribution in [0.15, 0.2) is 84.6 Å². The van der Waals surface area contributed by atoms with E-state index in [0.717, 1.165) is 68.8 Å². The van der Waals surface area contributed by atoms with E-state index in [9.17, 15) is 4.79 Å². The van der Waals surface area contributed by atoms with Crippen molar-refractivity contribution in [1.29, 1.82) is 5.26 Å². The first-order valence-electron chi connectivity index (χ1n) is 14.6. The smallest absolute Gasteiger partial charge is 0.257 e. The molecule has 0 bridgehead atoms. The number of benzene rings is 2. The lowest BCUT2D eigenvalue weighted by molar-refractivity contribution is 0.0782. The van der Waals surface area contributed by atoms with Gasteiger partial charge in [-0.2, -0.15) is 10.4 Å². The summed E-state index contributed by atoms with van der Waals surface area (Å²) in [5, 5.41) is 14.6. The van der Waals surface area contributed by atoms with Gasteiger partial charge in [0.05, 0.1) is 35.1 Å². The fraction of sp³-hybridized carbons (Fsp3) is 0.382. The van der Waals surface area contributed by atoms with Crippen molar-refractivity contribution in [2.24, 2.45) is 5.92 Å². The second kappa shape index (κ2) is 11.7. The van der Waals surface area contributed by atoms with Crippen LogP contribution in [0, 0.1) is 17.2 Å². The number of rotatable bonds is 6.